The summed E-state index contributed by atoms with van der Waals surface area (Å²) in [6.45, 7) is 2.33. The normalized spacial score (nSPS) is 12.4. The molecule has 1 amide bonds. The molecule has 0 aliphatic heterocycles. The summed E-state index contributed by atoms with van der Waals surface area (Å²) in [7, 11) is 0. The summed E-state index contributed by atoms with van der Waals surface area (Å²) in [6, 6.07) is 3.82. The maximum atomic E-state index is 11.2. The molecule has 1 aromatic rings. The Kier molecular flexibility index (Phi) is 4.19. The highest BCUT2D eigenvalue weighted by atomic mass is 16.3. The van der Waals surface area contributed by atoms with Gasteiger partial charge in [0.25, 0.3) is 0 Å². The van der Waals surface area contributed by atoms with E-state index in [1.54, 1.807) is 6.26 Å². The molecule has 0 radical (unpaired) electrons. The van der Waals surface area contributed by atoms with Crippen LogP contribution in [0.1, 0.15) is 19.1 Å². The van der Waals surface area contributed by atoms with Crippen LogP contribution >= 0.6 is 0 Å². The topological polar surface area (TPSA) is 68.3 Å². The monoisotopic (exact) mass is 196 g/mol. The lowest BCUT2D eigenvalue weighted by Crippen LogP contribution is -2.34. The second-order valence-corrected chi connectivity index (χ2v) is 3.29. The standard InChI is InChI=1S/C10H16N2O2/c1-8(12-10(13)4-5-11)7-9-3-2-6-14-9/h2-3,6,8H,4-5,7,11H2,1H3,(H,12,13). The summed E-state index contributed by atoms with van der Waals surface area (Å²) < 4.78 is 5.17. The molecule has 1 aromatic heterocycles. The van der Waals surface area contributed by atoms with Crippen LogP contribution in [0.15, 0.2) is 22.8 Å². The third-order valence-electron chi connectivity index (χ3n) is 1.87. The van der Waals surface area contributed by atoms with E-state index in [0.717, 1.165) is 5.76 Å². The Morgan fingerprint density at radius 2 is 2.50 bits per heavy atom. The molecule has 0 aromatic carbocycles. The molecule has 0 aliphatic rings. The quantitative estimate of drug-likeness (QED) is 0.727. The number of nitrogens with one attached hydrogen (secondary N) is 1. The van der Waals surface area contributed by atoms with Gasteiger partial charge < -0.3 is 15.5 Å². The summed E-state index contributed by atoms with van der Waals surface area (Å²) in [4.78, 5) is 11.2. The fourth-order valence-electron chi connectivity index (χ4n) is 1.26. The molecule has 3 N–H and O–H groups in total. The molecule has 4 heteroatoms. The van der Waals surface area contributed by atoms with E-state index in [0.29, 0.717) is 19.4 Å². The van der Waals surface area contributed by atoms with Crippen molar-refractivity contribution in [1.29, 1.82) is 0 Å². The lowest BCUT2D eigenvalue weighted by molar-refractivity contribution is -0.121. The third kappa shape index (κ3) is 3.62. The van der Waals surface area contributed by atoms with Crippen molar-refractivity contribution in [2.75, 3.05) is 6.54 Å². The number of hydrogen-bond donors (Lipinski definition) is 2. The number of furan rings is 1. The van der Waals surface area contributed by atoms with Gasteiger partial charge in [0.05, 0.1) is 6.26 Å². The lowest BCUT2D eigenvalue weighted by atomic mass is 10.2. The molecule has 4 nitrogen and oxygen atoms in total. The van der Waals surface area contributed by atoms with Crippen molar-refractivity contribution >= 4 is 5.91 Å². The van der Waals surface area contributed by atoms with Gasteiger partial charge in [0.2, 0.25) is 5.91 Å². The molecule has 0 saturated heterocycles. The molecule has 0 bridgehead atoms. The van der Waals surface area contributed by atoms with Crippen molar-refractivity contribution in [3.8, 4) is 0 Å². The summed E-state index contributed by atoms with van der Waals surface area (Å²) in [5.74, 6) is 0.872. The third-order valence-corrected chi connectivity index (χ3v) is 1.87. The van der Waals surface area contributed by atoms with Crippen LogP contribution in [0.2, 0.25) is 0 Å². The van der Waals surface area contributed by atoms with Crippen molar-refractivity contribution in [3.05, 3.63) is 24.2 Å². The highest BCUT2D eigenvalue weighted by molar-refractivity contribution is 5.76. The van der Waals surface area contributed by atoms with Crippen molar-refractivity contribution in [1.82, 2.24) is 5.32 Å². The van der Waals surface area contributed by atoms with Gasteiger partial charge in [-0.2, -0.15) is 0 Å². The Balaban J connectivity index is 2.29. The smallest absolute Gasteiger partial charge is 0.221 e. The van der Waals surface area contributed by atoms with Gasteiger partial charge in [0.1, 0.15) is 5.76 Å². The summed E-state index contributed by atoms with van der Waals surface area (Å²) >= 11 is 0. The fraction of sp³-hybridized carbons (Fsp3) is 0.500. The zero-order chi connectivity index (χ0) is 10.4. The number of nitrogens with two attached hydrogens (primary N) is 1. The fourth-order valence-corrected chi connectivity index (χ4v) is 1.26. The molecular weight excluding hydrogens is 180 g/mol. The molecular formula is C10H16N2O2. The maximum absolute atomic E-state index is 11.2. The van der Waals surface area contributed by atoms with Crippen LogP contribution in [-0.4, -0.2) is 18.5 Å². The second-order valence-electron chi connectivity index (χ2n) is 3.29. The Bertz CT molecular complexity index is 270. The van der Waals surface area contributed by atoms with Crippen LogP contribution in [0, 0.1) is 0 Å². The molecule has 78 valence electrons. The average molecular weight is 196 g/mol. The largest absolute Gasteiger partial charge is 0.469 e. The van der Waals surface area contributed by atoms with Gasteiger partial charge in [0.15, 0.2) is 0 Å². The molecule has 14 heavy (non-hydrogen) atoms. The summed E-state index contributed by atoms with van der Waals surface area (Å²) in [6.07, 6.45) is 2.72. The minimum Gasteiger partial charge on any atom is -0.469 e. The minimum atomic E-state index is -0.00782. The van der Waals surface area contributed by atoms with Gasteiger partial charge in [-0.25, -0.2) is 0 Å². The van der Waals surface area contributed by atoms with Crippen molar-refractivity contribution in [2.24, 2.45) is 5.73 Å². The summed E-state index contributed by atoms with van der Waals surface area (Å²) in [5, 5.41) is 2.84. The van der Waals surface area contributed by atoms with Crippen LogP contribution in [-0.2, 0) is 11.2 Å². The predicted molar refractivity (Wildman–Crippen MR) is 53.7 cm³/mol. The van der Waals surface area contributed by atoms with Gasteiger partial charge >= 0.3 is 0 Å². The SMILES string of the molecule is CC(Cc1ccco1)NC(=O)CCN. The first-order chi connectivity index (χ1) is 6.72. The van der Waals surface area contributed by atoms with E-state index in [-0.39, 0.29) is 11.9 Å². The Hall–Kier alpha value is -1.29. The van der Waals surface area contributed by atoms with E-state index < -0.39 is 0 Å². The Morgan fingerprint density at radius 3 is 3.07 bits per heavy atom. The number of amides is 1. The van der Waals surface area contributed by atoms with Gasteiger partial charge in [0, 0.05) is 25.4 Å². The van der Waals surface area contributed by atoms with Gasteiger partial charge in [-0.15, -0.1) is 0 Å². The minimum absolute atomic E-state index is 0.00782. The first-order valence-corrected chi connectivity index (χ1v) is 4.74. The molecule has 0 fully saturated rings. The Labute approximate surface area is 83.5 Å². The van der Waals surface area contributed by atoms with Crippen molar-refractivity contribution in [2.45, 2.75) is 25.8 Å². The van der Waals surface area contributed by atoms with Crippen molar-refractivity contribution < 1.29 is 9.21 Å². The first-order valence-electron chi connectivity index (χ1n) is 4.74. The van der Waals surface area contributed by atoms with E-state index in [9.17, 15) is 4.79 Å². The molecule has 0 spiro atoms. The molecule has 1 atom stereocenters. The van der Waals surface area contributed by atoms with E-state index in [2.05, 4.69) is 5.32 Å². The molecule has 1 rings (SSSR count). The highest BCUT2D eigenvalue weighted by Crippen LogP contribution is 2.03. The summed E-state index contributed by atoms with van der Waals surface area (Å²) in [5.41, 5.74) is 5.26. The van der Waals surface area contributed by atoms with Gasteiger partial charge in [-0.1, -0.05) is 0 Å². The maximum Gasteiger partial charge on any atom is 0.221 e. The van der Waals surface area contributed by atoms with Gasteiger partial charge in [-0.05, 0) is 19.1 Å². The van der Waals surface area contributed by atoms with Crippen LogP contribution in [0.4, 0.5) is 0 Å². The Morgan fingerprint density at radius 1 is 1.71 bits per heavy atom. The van der Waals surface area contributed by atoms with E-state index in [1.165, 1.54) is 0 Å². The second kappa shape index (κ2) is 5.44. The van der Waals surface area contributed by atoms with Crippen LogP contribution < -0.4 is 11.1 Å². The first kappa shape index (κ1) is 10.8. The lowest BCUT2D eigenvalue weighted by Gasteiger charge is -2.11. The van der Waals surface area contributed by atoms with Crippen molar-refractivity contribution in [3.63, 3.8) is 0 Å². The van der Waals surface area contributed by atoms with Crippen LogP contribution in [0.3, 0.4) is 0 Å². The predicted octanol–water partition coefficient (Wildman–Crippen LogP) is 0.676. The van der Waals surface area contributed by atoms with E-state index in [4.69, 9.17) is 10.2 Å². The molecule has 0 saturated carbocycles. The molecule has 1 heterocycles. The number of hydrogen-bond acceptors (Lipinski definition) is 3. The average Bonchev–Trinajstić information content (AvgIpc) is 2.56. The van der Waals surface area contributed by atoms with E-state index in [1.807, 2.05) is 19.1 Å². The molecule has 0 aliphatic carbocycles. The number of rotatable bonds is 5. The zero-order valence-corrected chi connectivity index (χ0v) is 8.32. The number of carbonyl (C=O) groups is 1. The zero-order valence-electron chi connectivity index (χ0n) is 8.32. The highest BCUT2D eigenvalue weighted by Gasteiger charge is 2.08. The number of carbonyl (C=O) groups excluding carboxylic acids is 1. The van der Waals surface area contributed by atoms with Gasteiger partial charge in [-0.3, -0.25) is 4.79 Å². The van der Waals surface area contributed by atoms with Crippen LogP contribution in [0.25, 0.3) is 0 Å². The van der Waals surface area contributed by atoms with Crippen LogP contribution in [0.5, 0.6) is 0 Å². The molecule has 1 unspecified atom stereocenters. The van der Waals surface area contributed by atoms with E-state index >= 15 is 0 Å².